The summed E-state index contributed by atoms with van der Waals surface area (Å²) in [7, 11) is 0. The molecule has 3 amide bonds. The third kappa shape index (κ3) is 1.62. The topological polar surface area (TPSA) is 93.2 Å². The summed E-state index contributed by atoms with van der Waals surface area (Å²) in [5.74, 6) is -0.104. The van der Waals surface area contributed by atoms with Crippen molar-refractivity contribution in [2.75, 3.05) is 13.1 Å². The minimum Gasteiger partial charge on any atom is -0.351 e. The minimum atomic E-state index is -0.449. The molecule has 0 atom stereocenters. The van der Waals surface area contributed by atoms with E-state index in [1.165, 1.54) is 0 Å². The molecule has 2 aliphatic heterocycles. The summed E-state index contributed by atoms with van der Waals surface area (Å²) >= 11 is 0. The van der Waals surface area contributed by atoms with Gasteiger partial charge in [-0.25, -0.2) is 4.79 Å². The monoisotopic (exact) mass is 249 g/mol. The molecule has 0 unspecified atom stereocenters. The molecule has 0 saturated carbocycles. The van der Waals surface area contributed by atoms with Gasteiger partial charge in [0.05, 0.1) is 12.2 Å². The highest BCUT2D eigenvalue weighted by molar-refractivity contribution is 5.94. The number of fused-ring (bicyclic) bond motifs is 3. The fraction of sp³-hybridized carbons (Fsp3) is 0.545. The maximum Gasteiger partial charge on any atom is 0.315 e. The van der Waals surface area contributed by atoms with Crippen LogP contribution in [0.15, 0.2) is 0 Å². The van der Waals surface area contributed by atoms with E-state index in [0.717, 1.165) is 24.2 Å². The molecule has 96 valence electrons. The third-order valence-corrected chi connectivity index (χ3v) is 3.46. The average molecular weight is 249 g/mol. The van der Waals surface area contributed by atoms with Gasteiger partial charge in [-0.3, -0.25) is 9.48 Å². The van der Waals surface area contributed by atoms with Crippen LogP contribution in [-0.4, -0.2) is 39.7 Å². The summed E-state index contributed by atoms with van der Waals surface area (Å²) in [4.78, 5) is 24.8. The van der Waals surface area contributed by atoms with Crippen LogP contribution in [0.2, 0.25) is 0 Å². The van der Waals surface area contributed by atoms with Gasteiger partial charge in [0.15, 0.2) is 0 Å². The highest BCUT2D eigenvalue weighted by Gasteiger charge is 2.30. The molecule has 3 heterocycles. The Kier molecular flexibility index (Phi) is 2.46. The second-order valence-electron chi connectivity index (χ2n) is 4.62. The third-order valence-electron chi connectivity index (χ3n) is 3.46. The first-order valence-corrected chi connectivity index (χ1v) is 6.08. The van der Waals surface area contributed by atoms with Crippen LogP contribution in [0.5, 0.6) is 0 Å². The lowest BCUT2D eigenvalue weighted by Crippen LogP contribution is -2.40. The molecule has 3 N–H and O–H groups in total. The van der Waals surface area contributed by atoms with Crippen molar-refractivity contribution in [2.45, 2.75) is 25.9 Å². The number of nitrogens with two attached hydrogens (primary N) is 1. The van der Waals surface area contributed by atoms with Crippen LogP contribution in [0.3, 0.4) is 0 Å². The number of urea groups is 1. The van der Waals surface area contributed by atoms with E-state index in [1.807, 2.05) is 0 Å². The molecule has 1 aromatic heterocycles. The van der Waals surface area contributed by atoms with Gasteiger partial charge in [0.1, 0.15) is 5.69 Å². The first-order valence-electron chi connectivity index (χ1n) is 6.08. The Morgan fingerprint density at radius 2 is 2.22 bits per heavy atom. The predicted octanol–water partition coefficient (Wildman–Crippen LogP) is -0.547. The largest absolute Gasteiger partial charge is 0.351 e. The van der Waals surface area contributed by atoms with Crippen molar-refractivity contribution >= 4 is 11.9 Å². The standard InChI is InChI=1S/C11H15N5O2/c12-11(18)15-5-2-8-7(6-15)9-10(17)13-3-1-4-16(9)14-8/h1-6H2,(H2,12,18)(H,13,17). The molecule has 3 rings (SSSR count). The van der Waals surface area contributed by atoms with Gasteiger partial charge in [-0.2, -0.15) is 5.10 Å². The van der Waals surface area contributed by atoms with Gasteiger partial charge in [-0.1, -0.05) is 0 Å². The molecular formula is C11H15N5O2. The normalized spacial score (nSPS) is 18.7. The Morgan fingerprint density at radius 1 is 1.39 bits per heavy atom. The number of nitrogens with zero attached hydrogens (tertiary/aromatic N) is 3. The maximum atomic E-state index is 12.0. The van der Waals surface area contributed by atoms with E-state index in [9.17, 15) is 9.59 Å². The zero-order valence-electron chi connectivity index (χ0n) is 9.98. The highest BCUT2D eigenvalue weighted by Crippen LogP contribution is 2.23. The molecule has 0 radical (unpaired) electrons. The van der Waals surface area contributed by atoms with Crippen molar-refractivity contribution in [3.05, 3.63) is 17.0 Å². The fourth-order valence-corrected chi connectivity index (χ4v) is 2.54. The summed E-state index contributed by atoms with van der Waals surface area (Å²) in [6, 6.07) is -0.449. The molecule has 0 fully saturated rings. The Morgan fingerprint density at radius 3 is 3.00 bits per heavy atom. The SMILES string of the molecule is NC(=O)N1CCc2nn3c(c2C1)C(=O)NCCC3. The maximum absolute atomic E-state index is 12.0. The molecule has 0 bridgehead atoms. The minimum absolute atomic E-state index is 0.104. The summed E-state index contributed by atoms with van der Waals surface area (Å²) in [5, 5.41) is 7.32. The Bertz CT molecular complexity index is 522. The first-order chi connectivity index (χ1) is 8.66. The van der Waals surface area contributed by atoms with Crippen molar-refractivity contribution in [3.8, 4) is 0 Å². The molecule has 7 heteroatoms. The number of aryl methyl sites for hydroxylation is 1. The van der Waals surface area contributed by atoms with Crippen LogP contribution >= 0.6 is 0 Å². The zero-order chi connectivity index (χ0) is 12.7. The van der Waals surface area contributed by atoms with E-state index in [4.69, 9.17) is 5.73 Å². The highest BCUT2D eigenvalue weighted by atomic mass is 16.2. The van der Waals surface area contributed by atoms with Crippen molar-refractivity contribution in [1.29, 1.82) is 0 Å². The second kappa shape index (κ2) is 4.01. The molecule has 1 aromatic rings. The van der Waals surface area contributed by atoms with Crippen molar-refractivity contribution in [1.82, 2.24) is 20.0 Å². The number of rotatable bonds is 0. The summed E-state index contributed by atoms with van der Waals surface area (Å²) in [6.07, 6.45) is 1.53. The van der Waals surface area contributed by atoms with Gasteiger partial charge >= 0.3 is 6.03 Å². The lowest BCUT2D eigenvalue weighted by Gasteiger charge is -2.24. The van der Waals surface area contributed by atoms with Crippen molar-refractivity contribution in [2.24, 2.45) is 5.73 Å². The summed E-state index contributed by atoms with van der Waals surface area (Å²) in [5.41, 5.74) is 7.65. The Hall–Kier alpha value is -2.05. The van der Waals surface area contributed by atoms with Crippen LogP contribution in [0.25, 0.3) is 0 Å². The van der Waals surface area contributed by atoms with Crippen LogP contribution in [0.4, 0.5) is 4.79 Å². The molecule has 0 aromatic carbocycles. The number of primary amides is 1. The quantitative estimate of drug-likeness (QED) is 0.646. The van der Waals surface area contributed by atoms with Gasteiger partial charge in [-0.05, 0) is 6.42 Å². The second-order valence-corrected chi connectivity index (χ2v) is 4.62. The van der Waals surface area contributed by atoms with Crippen molar-refractivity contribution < 1.29 is 9.59 Å². The van der Waals surface area contributed by atoms with Gasteiger partial charge in [-0.15, -0.1) is 0 Å². The van der Waals surface area contributed by atoms with E-state index in [0.29, 0.717) is 31.7 Å². The first kappa shape index (κ1) is 11.1. The molecule has 2 aliphatic rings. The van der Waals surface area contributed by atoms with E-state index < -0.39 is 6.03 Å². The Balaban J connectivity index is 2.02. The molecule has 7 nitrogen and oxygen atoms in total. The lowest BCUT2D eigenvalue weighted by atomic mass is 10.1. The number of hydrogen-bond acceptors (Lipinski definition) is 3. The van der Waals surface area contributed by atoms with E-state index >= 15 is 0 Å². The summed E-state index contributed by atoms with van der Waals surface area (Å²) in [6.45, 7) is 2.35. The van der Waals surface area contributed by atoms with E-state index in [-0.39, 0.29) is 5.91 Å². The molecule has 0 aliphatic carbocycles. The zero-order valence-corrected chi connectivity index (χ0v) is 9.98. The number of carbonyl (C=O) groups excluding carboxylic acids is 2. The van der Waals surface area contributed by atoms with Crippen LogP contribution in [-0.2, 0) is 19.5 Å². The van der Waals surface area contributed by atoms with Crippen LogP contribution in [0.1, 0.15) is 28.2 Å². The predicted molar refractivity (Wildman–Crippen MR) is 62.9 cm³/mol. The summed E-state index contributed by atoms with van der Waals surface area (Å²) < 4.78 is 1.76. The Labute approximate surface area is 104 Å². The van der Waals surface area contributed by atoms with E-state index in [1.54, 1.807) is 9.58 Å². The average Bonchev–Trinajstić information content (AvgIpc) is 2.61. The van der Waals surface area contributed by atoms with Gasteiger partial charge in [0.2, 0.25) is 0 Å². The van der Waals surface area contributed by atoms with E-state index in [2.05, 4.69) is 10.4 Å². The van der Waals surface area contributed by atoms with Gasteiger partial charge < -0.3 is 16.0 Å². The van der Waals surface area contributed by atoms with Gasteiger partial charge in [0.25, 0.3) is 5.91 Å². The molecular weight excluding hydrogens is 234 g/mol. The van der Waals surface area contributed by atoms with Crippen LogP contribution < -0.4 is 11.1 Å². The fourth-order valence-electron chi connectivity index (χ4n) is 2.54. The number of hydrogen-bond donors (Lipinski definition) is 2. The molecule has 0 saturated heterocycles. The van der Waals surface area contributed by atoms with Crippen molar-refractivity contribution in [3.63, 3.8) is 0 Å². The smallest absolute Gasteiger partial charge is 0.315 e. The van der Waals surface area contributed by atoms with Crippen LogP contribution in [0, 0.1) is 0 Å². The number of nitrogens with one attached hydrogen (secondary N) is 1. The number of aromatic nitrogens is 2. The molecule has 18 heavy (non-hydrogen) atoms. The number of amides is 3. The number of carbonyl (C=O) groups is 2. The van der Waals surface area contributed by atoms with Gasteiger partial charge in [0, 0.05) is 31.6 Å². The molecule has 0 spiro atoms. The lowest BCUT2D eigenvalue weighted by molar-refractivity contribution is 0.0948.